The van der Waals surface area contributed by atoms with Gasteiger partial charge in [-0.3, -0.25) is 4.79 Å². The number of esters is 1. The van der Waals surface area contributed by atoms with Crippen LogP contribution < -0.4 is 0 Å². The van der Waals surface area contributed by atoms with Gasteiger partial charge in [-0.15, -0.1) is 0 Å². The lowest BCUT2D eigenvalue weighted by molar-refractivity contribution is -0.154. The number of carbonyl (C=O) groups is 2. The molecule has 1 heterocycles. The Morgan fingerprint density at radius 2 is 1.52 bits per heavy atom. The average molecular weight is 430 g/mol. The minimum atomic E-state index is -1.86. The molecule has 0 aromatic heterocycles. The summed E-state index contributed by atoms with van der Waals surface area (Å²) in [5.41, 5.74) is -1.14. The van der Waals surface area contributed by atoms with Crippen molar-refractivity contribution in [1.29, 1.82) is 0 Å². The highest BCUT2D eigenvalue weighted by molar-refractivity contribution is 6.74. The van der Waals surface area contributed by atoms with Gasteiger partial charge in [0.1, 0.15) is 12.2 Å². The van der Waals surface area contributed by atoms with Crippen LogP contribution in [0, 0.1) is 11.3 Å². The zero-order valence-corrected chi connectivity index (χ0v) is 21.5. The van der Waals surface area contributed by atoms with Crippen LogP contribution in [0.2, 0.25) is 18.1 Å². The van der Waals surface area contributed by atoms with Gasteiger partial charge in [0.2, 0.25) is 0 Å². The smallest absolute Gasteiger partial charge is 0.410 e. The van der Waals surface area contributed by atoms with Crippen molar-refractivity contribution in [1.82, 2.24) is 4.90 Å². The molecule has 0 aromatic rings. The van der Waals surface area contributed by atoms with E-state index < -0.39 is 19.3 Å². The molecule has 1 rings (SSSR count). The molecule has 1 saturated heterocycles. The van der Waals surface area contributed by atoms with Crippen molar-refractivity contribution in [2.24, 2.45) is 11.3 Å². The zero-order chi connectivity index (χ0) is 22.8. The van der Waals surface area contributed by atoms with E-state index in [0.717, 1.165) is 6.42 Å². The Labute approximate surface area is 178 Å². The lowest BCUT2D eigenvalue weighted by Crippen LogP contribution is -2.43. The summed E-state index contributed by atoms with van der Waals surface area (Å²) in [7, 11) is -1.86. The summed E-state index contributed by atoms with van der Waals surface area (Å²) in [6.07, 6.45) is 0.384. The summed E-state index contributed by atoms with van der Waals surface area (Å²) < 4.78 is 17.5. The van der Waals surface area contributed by atoms with Gasteiger partial charge in [0.25, 0.3) is 0 Å². The maximum Gasteiger partial charge on any atom is 0.410 e. The average Bonchev–Trinajstić information content (AvgIpc) is 2.90. The first-order valence-electron chi connectivity index (χ1n) is 10.6. The van der Waals surface area contributed by atoms with Crippen molar-refractivity contribution in [3.63, 3.8) is 0 Å². The summed E-state index contributed by atoms with van der Waals surface area (Å²) in [4.78, 5) is 26.7. The van der Waals surface area contributed by atoms with Crippen molar-refractivity contribution >= 4 is 20.4 Å². The summed E-state index contributed by atoms with van der Waals surface area (Å²) in [5, 5.41) is 0.137. The topological polar surface area (TPSA) is 65.1 Å². The van der Waals surface area contributed by atoms with E-state index >= 15 is 0 Å². The Hall–Kier alpha value is -1.08. The van der Waals surface area contributed by atoms with Gasteiger partial charge < -0.3 is 18.8 Å². The first-order chi connectivity index (χ1) is 12.8. The van der Waals surface area contributed by atoms with Crippen LogP contribution in [0.4, 0.5) is 4.79 Å². The maximum absolute atomic E-state index is 12.8. The number of nitrogens with zero attached hydrogens (tertiary/aromatic N) is 1. The Bertz CT molecular complexity index is 583. The van der Waals surface area contributed by atoms with E-state index in [1.54, 1.807) is 4.90 Å². The van der Waals surface area contributed by atoms with E-state index in [2.05, 4.69) is 33.9 Å². The molecule has 1 amide bonds. The zero-order valence-electron chi connectivity index (χ0n) is 20.5. The van der Waals surface area contributed by atoms with Crippen LogP contribution in [0.3, 0.4) is 0 Å². The van der Waals surface area contributed by atoms with Gasteiger partial charge in [-0.05, 0) is 66.1 Å². The van der Waals surface area contributed by atoms with Crippen LogP contribution in [0.1, 0.15) is 68.7 Å². The third-order valence-electron chi connectivity index (χ3n) is 5.63. The van der Waals surface area contributed by atoms with Gasteiger partial charge in [0, 0.05) is 19.1 Å². The number of hydrogen-bond acceptors (Lipinski definition) is 5. The van der Waals surface area contributed by atoms with Gasteiger partial charge in [-0.2, -0.15) is 0 Å². The monoisotopic (exact) mass is 429 g/mol. The second-order valence-electron chi connectivity index (χ2n) is 11.8. The Kier molecular flexibility index (Phi) is 8.02. The molecule has 0 aliphatic carbocycles. The number of likely N-dealkylation sites (tertiary alicyclic amines) is 1. The van der Waals surface area contributed by atoms with Crippen LogP contribution in [0.25, 0.3) is 0 Å². The van der Waals surface area contributed by atoms with Crippen LogP contribution in [-0.2, 0) is 18.7 Å². The van der Waals surface area contributed by atoms with E-state index in [9.17, 15) is 9.59 Å². The molecule has 170 valence electrons. The molecule has 6 nitrogen and oxygen atoms in total. The summed E-state index contributed by atoms with van der Waals surface area (Å²) >= 11 is 0. The number of carbonyl (C=O) groups excluding carboxylic acids is 2. The molecular formula is C22H43NO5Si. The quantitative estimate of drug-likeness (QED) is 0.443. The molecule has 0 spiro atoms. The van der Waals surface area contributed by atoms with Gasteiger partial charge in [-0.1, -0.05) is 20.8 Å². The molecule has 0 saturated carbocycles. The van der Waals surface area contributed by atoms with Gasteiger partial charge in [-0.25, -0.2) is 4.79 Å². The van der Waals surface area contributed by atoms with Crippen molar-refractivity contribution in [3.05, 3.63) is 0 Å². The molecular weight excluding hydrogens is 386 g/mol. The summed E-state index contributed by atoms with van der Waals surface area (Å²) in [6.45, 7) is 23.5. The SMILES string of the molecule is CC(C)(C)OC(=O)N1CC(CO[Si](C)(C)C(C)(C)C)CC1COC(=O)C(C)(C)C. The van der Waals surface area contributed by atoms with E-state index in [1.165, 1.54) is 0 Å². The second kappa shape index (κ2) is 8.96. The normalized spacial score (nSPS) is 21.3. The number of amides is 1. The molecule has 2 atom stereocenters. The third-order valence-corrected chi connectivity index (χ3v) is 10.1. The number of rotatable bonds is 5. The molecule has 1 fully saturated rings. The third kappa shape index (κ3) is 7.93. The van der Waals surface area contributed by atoms with E-state index in [4.69, 9.17) is 13.9 Å². The molecule has 0 N–H and O–H groups in total. The van der Waals surface area contributed by atoms with Crippen LogP contribution >= 0.6 is 0 Å². The molecule has 29 heavy (non-hydrogen) atoms. The Morgan fingerprint density at radius 3 is 1.97 bits per heavy atom. The number of ether oxygens (including phenoxy) is 2. The second-order valence-corrected chi connectivity index (χ2v) is 16.6. The van der Waals surface area contributed by atoms with E-state index in [1.807, 2.05) is 41.5 Å². The standard InChI is InChI=1S/C22H43NO5Si/c1-20(2,3)18(24)26-15-17-12-16(14-27-29(10,11)22(7,8)9)13-23(17)19(25)28-21(4,5)6/h16-17H,12-15H2,1-11H3. The predicted octanol–water partition coefficient (Wildman–Crippen LogP) is 5.22. The fourth-order valence-electron chi connectivity index (χ4n) is 2.77. The first kappa shape index (κ1) is 26.0. The van der Waals surface area contributed by atoms with E-state index in [-0.39, 0.29) is 35.7 Å². The van der Waals surface area contributed by atoms with Crippen LogP contribution in [-0.4, -0.2) is 56.7 Å². The van der Waals surface area contributed by atoms with Crippen LogP contribution in [0.5, 0.6) is 0 Å². The largest absolute Gasteiger partial charge is 0.463 e. The van der Waals surface area contributed by atoms with Gasteiger partial charge >= 0.3 is 12.1 Å². The fourth-order valence-corrected chi connectivity index (χ4v) is 3.85. The van der Waals surface area contributed by atoms with Gasteiger partial charge in [0.15, 0.2) is 8.32 Å². The minimum absolute atomic E-state index is 0.137. The van der Waals surface area contributed by atoms with Gasteiger partial charge in [0.05, 0.1) is 11.5 Å². The highest BCUT2D eigenvalue weighted by Crippen LogP contribution is 2.37. The minimum Gasteiger partial charge on any atom is -0.463 e. The fraction of sp³-hybridized carbons (Fsp3) is 0.909. The molecule has 0 radical (unpaired) electrons. The summed E-state index contributed by atoms with van der Waals surface area (Å²) in [5.74, 6) is -0.0578. The predicted molar refractivity (Wildman–Crippen MR) is 118 cm³/mol. The molecule has 7 heteroatoms. The maximum atomic E-state index is 12.8. The van der Waals surface area contributed by atoms with Crippen molar-refractivity contribution in [2.75, 3.05) is 19.8 Å². The van der Waals surface area contributed by atoms with Crippen molar-refractivity contribution in [2.45, 2.75) is 98.5 Å². The molecule has 0 aromatic carbocycles. The molecule has 1 aliphatic rings. The Morgan fingerprint density at radius 1 is 0.966 bits per heavy atom. The molecule has 0 bridgehead atoms. The molecule has 2 unspecified atom stereocenters. The van der Waals surface area contributed by atoms with Crippen LogP contribution in [0.15, 0.2) is 0 Å². The Balaban J connectivity index is 2.84. The highest BCUT2D eigenvalue weighted by Gasteiger charge is 2.42. The van der Waals surface area contributed by atoms with Crippen molar-refractivity contribution in [3.8, 4) is 0 Å². The number of hydrogen-bond donors (Lipinski definition) is 0. The summed E-state index contributed by atoms with van der Waals surface area (Å²) in [6, 6.07) is -0.191. The van der Waals surface area contributed by atoms with E-state index in [0.29, 0.717) is 13.2 Å². The highest BCUT2D eigenvalue weighted by atomic mass is 28.4. The molecule has 1 aliphatic heterocycles. The van der Waals surface area contributed by atoms with Crippen molar-refractivity contribution < 1.29 is 23.5 Å². The first-order valence-corrected chi connectivity index (χ1v) is 13.5. The lowest BCUT2D eigenvalue weighted by Gasteiger charge is -2.37. The lowest BCUT2D eigenvalue weighted by atomic mass is 9.97.